The van der Waals surface area contributed by atoms with E-state index in [1.807, 2.05) is 24.3 Å². The van der Waals surface area contributed by atoms with Crippen LogP contribution in [0.5, 0.6) is 0 Å². The van der Waals surface area contributed by atoms with Crippen molar-refractivity contribution in [2.24, 2.45) is 0 Å². The normalized spacial score (nSPS) is 11.1. The maximum atomic E-state index is 5.99. The molecule has 2 rings (SSSR count). The summed E-state index contributed by atoms with van der Waals surface area (Å²) in [6.45, 7) is 4.68. The number of rotatable bonds is 4. The number of hydrogen-bond acceptors (Lipinski definition) is 4. The standard InChI is InChI=1S/C15H18BrN3O/c1-9(2)13-12(16)14(17)19-15(18-13)11-7-5-4-6-10(11)8-20-3/h4-7,9H,8H2,1-3H3,(H2,17,18,19). The van der Waals surface area contributed by atoms with E-state index in [1.54, 1.807) is 7.11 Å². The predicted octanol–water partition coefficient (Wildman–Crippen LogP) is 3.76. The molecule has 0 spiro atoms. The molecule has 0 aliphatic rings. The van der Waals surface area contributed by atoms with Gasteiger partial charge in [-0.15, -0.1) is 0 Å². The van der Waals surface area contributed by atoms with Gasteiger partial charge in [0.2, 0.25) is 0 Å². The maximum Gasteiger partial charge on any atom is 0.162 e. The summed E-state index contributed by atoms with van der Waals surface area (Å²) in [6.07, 6.45) is 0. The molecule has 0 bridgehead atoms. The van der Waals surface area contributed by atoms with Crippen molar-refractivity contribution in [3.05, 3.63) is 40.0 Å². The first-order valence-corrected chi connectivity index (χ1v) is 7.24. The first-order valence-electron chi connectivity index (χ1n) is 6.44. The van der Waals surface area contributed by atoms with Gasteiger partial charge in [0, 0.05) is 12.7 Å². The fourth-order valence-corrected chi connectivity index (χ4v) is 2.64. The number of anilines is 1. The third-order valence-corrected chi connectivity index (χ3v) is 3.82. The summed E-state index contributed by atoms with van der Waals surface area (Å²) >= 11 is 3.46. The van der Waals surface area contributed by atoms with E-state index < -0.39 is 0 Å². The molecule has 1 aromatic heterocycles. The Hall–Kier alpha value is -1.46. The lowest BCUT2D eigenvalue weighted by molar-refractivity contribution is 0.185. The molecule has 4 nitrogen and oxygen atoms in total. The van der Waals surface area contributed by atoms with Crippen molar-refractivity contribution in [3.63, 3.8) is 0 Å². The van der Waals surface area contributed by atoms with Crippen LogP contribution in [-0.4, -0.2) is 17.1 Å². The quantitative estimate of drug-likeness (QED) is 0.923. The Morgan fingerprint density at radius 1 is 1.25 bits per heavy atom. The number of nitrogen functional groups attached to an aromatic ring is 1. The van der Waals surface area contributed by atoms with Crippen molar-refractivity contribution >= 4 is 21.7 Å². The average molecular weight is 336 g/mol. The largest absolute Gasteiger partial charge is 0.383 e. The van der Waals surface area contributed by atoms with Gasteiger partial charge in [-0.3, -0.25) is 0 Å². The zero-order chi connectivity index (χ0) is 14.7. The van der Waals surface area contributed by atoms with Crippen LogP contribution in [0, 0.1) is 0 Å². The molecule has 0 aliphatic carbocycles. The SMILES string of the molecule is COCc1ccccc1-c1nc(N)c(Br)c(C(C)C)n1. The van der Waals surface area contributed by atoms with E-state index in [0.717, 1.165) is 21.3 Å². The molecule has 0 unspecified atom stereocenters. The van der Waals surface area contributed by atoms with Gasteiger partial charge < -0.3 is 10.5 Å². The number of halogens is 1. The summed E-state index contributed by atoms with van der Waals surface area (Å²) in [4.78, 5) is 9.05. The first-order chi connectivity index (χ1) is 9.54. The zero-order valence-corrected chi connectivity index (χ0v) is 13.4. The monoisotopic (exact) mass is 335 g/mol. The third-order valence-electron chi connectivity index (χ3n) is 3.01. The summed E-state index contributed by atoms with van der Waals surface area (Å²) in [5.74, 6) is 1.37. The van der Waals surface area contributed by atoms with E-state index >= 15 is 0 Å². The third kappa shape index (κ3) is 2.99. The minimum atomic E-state index is 0.267. The highest BCUT2D eigenvalue weighted by molar-refractivity contribution is 9.10. The molecule has 1 aromatic carbocycles. The van der Waals surface area contributed by atoms with Gasteiger partial charge in [-0.1, -0.05) is 38.1 Å². The number of ether oxygens (including phenoxy) is 1. The molecule has 20 heavy (non-hydrogen) atoms. The van der Waals surface area contributed by atoms with Crippen molar-refractivity contribution in [1.82, 2.24) is 9.97 Å². The van der Waals surface area contributed by atoms with Crippen molar-refractivity contribution in [3.8, 4) is 11.4 Å². The lowest BCUT2D eigenvalue weighted by Crippen LogP contribution is -2.05. The minimum Gasteiger partial charge on any atom is -0.383 e. The lowest BCUT2D eigenvalue weighted by atomic mass is 10.1. The molecule has 0 saturated carbocycles. The fraction of sp³-hybridized carbons (Fsp3) is 0.333. The van der Waals surface area contributed by atoms with E-state index in [9.17, 15) is 0 Å². The van der Waals surface area contributed by atoms with Crippen LogP contribution in [0.4, 0.5) is 5.82 Å². The average Bonchev–Trinajstić information content (AvgIpc) is 2.42. The molecule has 0 aliphatic heterocycles. The van der Waals surface area contributed by atoms with E-state index in [0.29, 0.717) is 18.2 Å². The summed E-state index contributed by atoms with van der Waals surface area (Å²) in [5, 5.41) is 0. The first kappa shape index (κ1) is 14.9. The van der Waals surface area contributed by atoms with Gasteiger partial charge >= 0.3 is 0 Å². The fourth-order valence-electron chi connectivity index (χ4n) is 2.01. The summed E-state index contributed by atoms with van der Waals surface area (Å²) in [6, 6.07) is 7.94. The van der Waals surface area contributed by atoms with Crippen molar-refractivity contribution in [2.45, 2.75) is 26.4 Å². The second-order valence-electron chi connectivity index (χ2n) is 4.88. The Balaban J connectivity index is 2.59. The molecule has 0 saturated heterocycles. The Morgan fingerprint density at radius 2 is 1.95 bits per heavy atom. The van der Waals surface area contributed by atoms with E-state index in [2.05, 4.69) is 39.7 Å². The van der Waals surface area contributed by atoms with Crippen molar-refractivity contribution in [2.75, 3.05) is 12.8 Å². The highest BCUT2D eigenvalue weighted by Crippen LogP contribution is 2.30. The number of aromatic nitrogens is 2. The Kier molecular flexibility index (Phi) is 4.73. The second kappa shape index (κ2) is 6.33. The lowest BCUT2D eigenvalue weighted by Gasteiger charge is -2.13. The number of nitrogens with two attached hydrogens (primary N) is 1. The molecule has 1 heterocycles. The molecule has 0 fully saturated rings. The molecule has 2 aromatic rings. The van der Waals surface area contributed by atoms with Crippen LogP contribution >= 0.6 is 15.9 Å². The van der Waals surface area contributed by atoms with Crippen LogP contribution in [0.3, 0.4) is 0 Å². The van der Waals surface area contributed by atoms with Crippen LogP contribution in [0.1, 0.15) is 31.0 Å². The zero-order valence-electron chi connectivity index (χ0n) is 11.9. The van der Waals surface area contributed by atoms with Crippen LogP contribution in [0.25, 0.3) is 11.4 Å². The number of hydrogen-bond donors (Lipinski definition) is 1. The van der Waals surface area contributed by atoms with Crippen LogP contribution < -0.4 is 5.73 Å². The van der Waals surface area contributed by atoms with E-state index in [4.69, 9.17) is 10.5 Å². The highest BCUT2D eigenvalue weighted by Gasteiger charge is 2.15. The van der Waals surface area contributed by atoms with Gasteiger partial charge in [0.25, 0.3) is 0 Å². The molecule has 0 atom stereocenters. The summed E-state index contributed by atoms with van der Waals surface area (Å²) in [7, 11) is 1.67. The van der Waals surface area contributed by atoms with Gasteiger partial charge in [-0.05, 0) is 27.4 Å². The second-order valence-corrected chi connectivity index (χ2v) is 5.67. The summed E-state index contributed by atoms with van der Waals surface area (Å²) in [5.41, 5.74) is 8.91. The Morgan fingerprint density at radius 3 is 2.60 bits per heavy atom. The molecule has 0 amide bonds. The number of benzene rings is 1. The van der Waals surface area contributed by atoms with E-state index in [1.165, 1.54) is 0 Å². The summed E-state index contributed by atoms with van der Waals surface area (Å²) < 4.78 is 6.00. The van der Waals surface area contributed by atoms with Gasteiger partial charge in [-0.25, -0.2) is 9.97 Å². The van der Waals surface area contributed by atoms with Crippen LogP contribution in [0.15, 0.2) is 28.7 Å². The van der Waals surface area contributed by atoms with Gasteiger partial charge in [0.1, 0.15) is 5.82 Å². The predicted molar refractivity (Wildman–Crippen MR) is 84.4 cm³/mol. The molecular weight excluding hydrogens is 318 g/mol. The van der Waals surface area contributed by atoms with Crippen LogP contribution in [0.2, 0.25) is 0 Å². The van der Waals surface area contributed by atoms with Gasteiger partial charge in [0.05, 0.1) is 16.8 Å². The van der Waals surface area contributed by atoms with Crippen LogP contribution in [-0.2, 0) is 11.3 Å². The molecule has 106 valence electrons. The Labute approximate surface area is 127 Å². The van der Waals surface area contributed by atoms with Gasteiger partial charge in [-0.2, -0.15) is 0 Å². The molecule has 2 N–H and O–H groups in total. The van der Waals surface area contributed by atoms with Gasteiger partial charge in [0.15, 0.2) is 5.82 Å². The number of methoxy groups -OCH3 is 1. The maximum absolute atomic E-state index is 5.99. The van der Waals surface area contributed by atoms with E-state index in [-0.39, 0.29) is 5.92 Å². The molecule has 5 heteroatoms. The smallest absolute Gasteiger partial charge is 0.162 e. The highest BCUT2D eigenvalue weighted by atomic mass is 79.9. The Bertz CT molecular complexity index is 614. The molecular formula is C15H18BrN3O. The minimum absolute atomic E-state index is 0.267. The number of nitrogens with zero attached hydrogens (tertiary/aromatic N) is 2. The molecule has 0 radical (unpaired) electrons. The van der Waals surface area contributed by atoms with Crippen molar-refractivity contribution in [1.29, 1.82) is 0 Å². The topological polar surface area (TPSA) is 61.0 Å². The van der Waals surface area contributed by atoms with Crippen molar-refractivity contribution < 1.29 is 4.74 Å².